The Hall–Kier alpha value is -0.540. The highest BCUT2D eigenvalue weighted by Crippen LogP contribution is 1.94. The van der Waals surface area contributed by atoms with Gasteiger partial charge in [-0.25, -0.2) is 0 Å². The molecule has 1 amide bonds. The number of nitrogens with one attached hydrogen (secondary N) is 1. The van der Waals surface area contributed by atoms with E-state index in [1.807, 2.05) is 6.08 Å². The molecular weight excluding hydrogens is 176 g/mol. The van der Waals surface area contributed by atoms with Crippen LogP contribution < -0.4 is 23.5 Å². The molecule has 0 fully saturated rings. The third-order valence-electron chi connectivity index (χ3n) is 1.31. The van der Waals surface area contributed by atoms with Crippen molar-refractivity contribution in [2.45, 2.75) is 19.3 Å². The summed E-state index contributed by atoms with van der Waals surface area (Å²) in [6.07, 6.45) is 4.24. The lowest BCUT2D eigenvalue weighted by atomic mass is 10.2. The summed E-state index contributed by atoms with van der Waals surface area (Å²) >= 11 is 0. The molecule has 0 aromatic heterocycles. The van der Waals surface area contributed by atoms with Gasteiger partial charge < -0.3 is 23.5 Å². The quantitative estimate of drug-likeness (QED) is 0.336. The van der Waals surface area contributed by atoms with Crippen molar-refractivity contribution < 1.29 is 22.9 Å². The zero-order valence-corrected chi connectivity index (χ0v) is 8.07. The Balaban J connectivity index is 0. The standard InChI is InChI=1S/C8H16N2O.ClH/c1-2-3-4-5-8(11)10-7-6-9;/h2H,1,3-7,9H2,(H,10,11);1H. The number of unbranched alkanes of at least 4 members (excludes halogenated alkanes) is 1. The summed E-state index contributed by atoms with van der Waals surface area (Å²) in [6.45, 7) is 5.02. The Morgan fingerprint density at radius 1 is 1.58 bits per heavy atom. The van der Waals surface area contributed by atoms with E-state index in [0.717, 1.165) is 19.4 Å². The molecule has 0 unspecified atom stereocenters. The molecule has 4 heteroatoms. The molecule has 0 aliphatic carbocycles. The molecule has 0 saturated heterocycles. The van der Waals surface area contributed by atoms with Gasteiger partial charge >= 0.3 is 0 Å². The second-order valence-electron chi connectivity index (χ2n) is 2.38. The molecule has 0 atom stereocenters. The van der Waals surface area contributed by atoms with Crippen LogP contribution in [-0.2, 0) is 4.79 Å². The Bertz CT molecular complexity index is 128. The van der Waals surface area contributed by atoms with Crippen molar-refractivity contribution in [2.75, 3.05) is 13.1 Å². The van der Waals surface area contributed by atoms with Crippen molar-refractivity contribution in [2.24, 2.45) is 0 Å². The highest BCUT2D eigenvalue weighted by atomic mass is 35.5. The molecule has 0 radical (unpaired) electrons. The summed E-state index contributed by atoms with van der Waals surface area (Å²) in [6, 6.07) is 0. The first-order chi connectivity index (χ1) is 5.31. The van der Waals surface area contributed by atoms with Crippen LogP contribution in [0.4, 0.5) is 0 Å². The number of hydrogen-bond donors (Lipinski definition) is 2. The Morgan fingerprint density at radius 2 is 2.25 bits per heavy atom. The lowest BCUT2D eigenvalue weighted by molar-refractivity contribution is -0.364. The molecule has 0 heterocycles. The lowest BCUT2D eigenvalue weighted by Crippen LogP contribution is -3.00. The van der Waals surface area contributed by atoms with Crippen molar-refractivity contribution in [3.63, 3.8) is 0 Å². The van der Waals surface area contributed by atoms with Crippen LogP contribution >= 0.6 is 0 Å². The maximum atomic E-state index is 10.9. The first kappa shape index (κ1) is 14.0. The van der Waals surface area contributed by atoms with Crippen molar-refractivity contribution in [1.29, 1.82) is 0 Å². The summed E-state index contributed by atoms with van der Waals surface area (Å²) in [5, 5.41) is 2.76. The van der Waals surface area contributed by atoms with E-state index in [9.17, 15) is 4.79 Å². The van der Waals surface area contributed by atoms with Crippen molar-refractivity contribution in [3.8, 4) is 0 Å². The number of rotatable bonds is 6. The van der Waals surface area contributed by atoms with E-state index in [4.69, 9.17) is 0 Å². The topological polar surface area (TPSA) is 56.7 Å². The van der Waals surface area contributed by atoms with Crippen molar-refractivity contribution in [1.82, 2.24) is 5.32 Å². The van der Waals surface area contributed by atoms with Crippen LogP contribution in [0.15, 0.2) is 12.7 Å². The van der Waals surface area contributed by atoms with Gasteiger partial charge in [-0.15, -0.1) is 6.58 Å². The van der Waals surface area contributed by atoms with Gasteiger partial charge in [0.05, 0.1) is 13.1 Å². The second kappa shape index (κ2) is 10.5. The zero-order chi connectivity index (χ0) is 8.53. The van der Waals surface area contributed by atoms with Crippen LogP contribution in [0, 0.1) is 0 Å². The summed E-state index contributed by atoms with van der Waals surface area (Å²) in [5.41, 5.74) is 3.62. The van der Waals surface area contributed by atoms with Gasteiger partial charge in [0.2, 0.25) is 5.91 Å². The molecule has 0 saturated carbocycles. The third-order valence-corrected chi connectivity index (χ3v) is 1.31. The van der Waals surface area contributed by atoms with Gasteiger partial charge in [-0.2, -0.15) is 0 Å². The smallest absolute Gasteiger partial charge is 0.220 e. The molecule has 0 spiro atoms. The van der Waals surface area contributed by atoms with E-state index < -0.39 is 0 Å². The minimum absolute atomic E-state index is 0. The average Bonchev–Trinajstić information content (AvgIpc) is 2.01. The SMILES string of the molecule is C=CCCCC(=O)NCC[NH3+].[Cl-]. The minimum atomic E-state index is 0. The summed E-state index contributed by atoms with van der Waals surface area (Å²) in [4.78, 5) is 10.9. The molecule has 0 aliphatic heterocycles. The van der Waals surface area contributed by atoms with Gasteiger partial charge in [-0.3, -0.25) is 4.79 Å². The molecule has 4 N–H and O–H groups in total. The van der Waals surface area contributed by atoms with Crippen molar-refractivity contribution in [3.05, 3.63) is 12.7 Å². The number of carbonyl (C=O) groups excluding carboxylic acids is 1. The van der Waals surface area contributed by atoms with Gasteiger partial charge in [0.15, 0.2) is 0 Å². The van der Waals surface area contributed by atoms with Crippen LogP contribution in [0.25, 0.3) is 0 Å². The normalized spacial score (nSPS) is 8.42. The number of halogens is 1. The molecule has 0 bridgehead atoms. The number of hydrogen-bond acceptors (Lipinski definition) is 1. The van der Waals surface area contributed by atoms with Crippen LogP contribution in [0.5, 0.6) is 0 Å². The fraction of sp³-hybridized carbons (Fsp3) is 0.625. The first-order valence-electron chi connectivity index (χ1n) is 3.98. The summed E-state index contributed by atoms with van der Waals surface area (Å²) in [5.74, 6) is 0.121. The Morgan fingerprint density at radius 3 is 2.75 bits per heavy atom. The van der Waals surface area contributed by atoms with Crippen LogP contribution in [-0.4, -0.2) is 19.0 Å². The Labute approximate surface area is 79.8 Å². The molecule has 3 nitrogen and oxygen atoms in total. The average molecular weight is 193 g/mol. The molecule has 72 valence electrons. The van der Waals surface area contributed by atoms with Crippen LogP contribution in [0.3, 0.4) is 0 Å². The number of carbonyl (C=O) groups is 1. The molecule has 0 rings (SSSR count). The van der Waals surface area contributed by atoms with Gasteiger partial charge in [0, 0.05) is 6.42 Å². The maximum Gasteiger partial charge on any atom is 0.220 e. The fourth-order valence-electron chi connectivity index (χ4n) is 0.723. The first-order valence-corrected chi connectivity index (χ1v) is 3.98. The van der Waals surface area contributed by atoms with Crippen molar-refractivity contribution >= 4 is 5.91 Å². The van der Waals surface area contributed by atoms with E-state index in [-0.39, 0.29) is 18.3 Å². The molecule has 0 aromatic carbocycles. The maximum absolute atomic E-state index is 10.9. The van der Waals surface area contributed by atoms with Gasteiger partial charge in [0.1, 0.15) is 0 Å². The summed E-state index contributed by atoms with van der Waals surface area (Å²) in [7, 11) is 0. The molecule has 0 aromatic rings. The van der Waals surface area contributed by atoms with Gasteiger partial charge in [-0.1, -0.05) is 6.08 Å². The highest BCUT2D eigenvalue weighted by molar-refractivity contribution is 5.75. The van der Waals surface area contributed by atoms with E-state index in [0.29, 0.717) is 13.0 Å². The largest absolute Gasteiger partial charge is 1.00 e. The van der Waals surface area contributed by atoms with Gasteiger partial charge in [0.25, 0.3) is 0 Å². The molecule has 0 aliphatic rings. The Kier molecular flexibility index (Phi) is 12.2. The molecule has 12 heavy (non-hydrogen) atoms. The second-order valence-corrected chi connectivity index (χ2v) is 2.38. The fourth-order valence-corrected chi connectivity index (χ4v) is 0.723. The monoisotopic (exact) mass is 192 g/mol. The zero-order valence-electron chi connectivity index (χ0n) is 7.31. The van der Waals surface area contributed by atoms with Gasteiger partial charge in [-0.05, 0) is 12.8 Å². The third kappa shape index (κ3) is 9.46. The number of amides is 1. The van der Waals surface area contributed by atoms with Crippen LogP contribution in [0.2, 0.25) is 0 Å². The highest BCUT2D eigenvalue weighted by Gasteiger charge is 1.97. The number of quaternary nitrogens is 1. The van der Waals surface area contributed by atoms with E-state index in [1.165, 1.54) is 0 Å². The summed E-state index contributed by atoms with van der Waals surface area (Å²) < 4.78 is 0. The molecular formula is C8H17ClN2O. The van der Waals surface area contributed by atoms with E-state index >= 15 is 0 Å². The predicted molar refractivity (Wildman–Crippen MR) is 44.8 cm³/mol. The predicted octanol–water partition coefficient (Wildman–Crippen LogP) is -3.30. The van der Waals surface area contributed by atoms with E-state index in [1.54, 1.807) is 0 Å². The minimum Gasteiger partial charge on any atom is -1.00 e. The van der Waals surface area contributed by atoms with Crippen LogP contribution in [0.1, 0.15) is 19.3 Å². The van der Waals surface area contributed by atoms with E-state index in [2.05, 4.69) is 17.6 Å². The lowest BCUT2D eigenvalue weighted by Gasteiger charge is -1.99. The number of allylic oxidation sites excluding steroid dienone is 1.